The van der Waals surface area contributed by atoms with Gasteiger partial charge in [0, 0.05) is 16.5 Å². The first-order valence-corrected chi connectivity index (χ1v) is 12.4. The van der Waals surface area contributed by atoms with Crippen molar-refractivity contribution in [1.29, 1.82) is 0 Å². The summed E-state index contributed by atoms with van der Waals surface area (Å²) in [5.74, 6) is -3.23. The number of carbonyl (C=O) groups is 1. The van der Waals surface area contributed by atoms with Crippen molar-refractivity contribution >= 4 is 45.0 Å². The molecule has 1 aliphatic rings. The Balaban J connectivity index is 1.66. The number of ether oxygens (including phenoxy) is 1. The summed E-state index contributed by atoms with van der Waals surface area (Å²) in [6, 6.07) is 11.2. The molecule has 0 aliphatic carbocycles. The van der Waals surface area contributed by atoms with E-state index in [4.69, 9.17) is 4.74 Å². The Morgan fingerprint density at radius 1 is 1.11 bits per heavy atom. The molecular formula is C23H16F2N2O6S2. The lowest BCUT2D eigenvalue weighted by Crippen LogP contribution is -2.18. The van der Waals surface area contributed by atoms with Gasteiger partial charge in [0.2, 0.25) is 0 Å². The number of methoxy groups -OCH3 is 1. The van der Waals surface area contributed by atoms with Crippen molar-refractivity contribution in [3.63, 3.8) is 0 Å². The maximum absolute atomic E-state index is 14.0. The number of benzene rings is 3. The van der Waals surface area contributed by atoms with Crippen LogP contribution in [0.1, 0.15) is 11.1 Å². The highest BCUT2D eigenvalue weighted by molar-refractivity contribution is 8.04. The second kappa shape index (κ2) is 9.47. The highest BCUT2D eigenvalue weighted by Gasteiger charge is 2.26. The summed E-state index contributed by atoms with van der Waals surface area (Å²) in [5, 5.41) is 13.9. The number of fused-ring (bicyclic) bond motifs is 1. The van der Waals surface area contributed by atoms with Crippen LogP contribution in [0.5, 0.6) is 5.75 Å². The molecule has 3 aromatic carbocycles. The van der Waals surface area contributed by atoms with Gasteiger partial charge in [0.1, 0.15) is 11.6 Å². The summed E-state index contributed by atoms with van der Waals surface area (Å²) >= 11 is 0.962. The maximum Gasteiger partial charge on any atom is 0.311 e. The summed E-state index contributed by atoms with van der Waals surface area (Å²) in [6.07, 6.45) is 1.42. The first-order valence-electron chi connectivity index (χ1n) is 9.92. The average molecular weight is 519 g/mol. The number of rotatable bonds is 6. The monoisotopic (exact) mass is 518 g/mol. The molecular weight excluding hydrogens is 502 g/mol. The number of halogens is 2. The van der Waals surface area contributed by atoms with E-state index in [1.54, 1.807) is 0 Å². The van der Waals surface area contributed by atoms with Crippen molar-refractivity contribution in [2.24, 2.45) is 0 Å². The van der Waals surface area contributed by atoms with Crippen LogP contribution < -0.4 is 10.1 Å². The van der Waals surface area contributed by atoms with Gasteiger partial charge in [0.15, 0.2) is 15.6 Å². The molecule has 180 valence electrons. The second-order valence-corrected chi connectivity index (χ2v) is 10.4. The number of nitrogens with zero attached hydrogens (tertiary/aromatic N) is 1. The van der Waals surface area contributed by atoms with Crippen LogP contribution in [0.4, 0.5) is 20.2 Å². The van der Waals surface area contributed by atoms with Crippen LogP contribution in [0, 0.1) is 21.7 Å². The minimum Gasteiger partial charge on any atom is -0.490 e. The van der Waals surface area contributed by atoms with E-state index in [-0.39, 0.29) is 21.2 Å². The number of hydrogen-bond donors (Lipinski definition) is 1. The summed E-state index contributed by atoms with van der Waals surface area (Å²) < 4.78 is 58.7. The van der Waals surface area contributed by atoms with Gasteiger partial charge in [-0.05, 0) is 48.0 Å². The van der Waals surface area contributed by atoms with Crippen LogP contribution in [-0.2, 0) is 20.4 Å². The summed E-state index contributed by atoms with van der Waals surface area (Å²) in [6.45, 7) is 0. The smallest absolute Gasteiger partial charge is 0.311 e. The van der Waals surface area contributed by atoms with Crippen molar-refractivity contribution in [3.8, 4) is 5.75 Å². The fraction of sp³-hybridized carbons (Fsp3) is 0.0870. The molecule has 4 rings (SSSR count). The normalized spacial score (nSPS) is 14.4. The lowest BCUT2D eigenvalue weighted by molar-refractivity contribution is -0.385. The molecule has 0 unspecified atom stereocenters. The Morgan fingerprint density at radius 3 is 2.49 bits per heavy atom. The van der Waals surface area contributed by atoms with E-state index in [2.05, 4.69) is 5.32 Å². The van der Waals surface area contributed by atoms with Crippen LogP contribution in [0.15, 0.2) is 69.3 Å². The van der Waals surface area contributed by atoms with Gasteiger partial charge < -0.3 is 10.1 Å². The minimum absolute atomic E-state index is 0.0596. The molecule has 0 fully saturated rings. The van der Waals surface area contributed by atoms with Gasteiger partial charge in [-0.3, -0.25) is 14.9 Å². The molecule has 12 heteroatoms. The molecule has 0 spiro atoms. The average Bonchev–Trinajstić information content (AvgIpc) is 2.81. The van der Waals surface area contributed by atoms with Gasteiger partial charge in [0.25, 0.3) is 5.91 Å². The van der Waals surface area contributed by atoms with Crippen LogP contribution >= 0.6 is 11.8 Å². The van der Waals surface area contributed by atoms with Gasteiger partial charge in [-0.15, -0.1) is 0 Å². The lowest BCUT2D eigenvalue weighted by Gasteiger charge is -2.19. The van der Waals surface area contributed by atoms with E-state index in [0.29, 0.717) is 16.1 Å². The predicted octanol–water partition coefficient (Wildman–Crippen LogP) is 4.94. The molecule has 35 heavy (non-hydrogen) atoms. The number of sulfone groups is 1. The number of carbonyl (C=O) groups excluding carboxylic acids is 1. The molecule has 0 atom stereocenters. The topological polar surface area (TPSA) is 116 Å². The van der Waals surface area contributed by atoms with Gasteiger partial charge in [-0.2, -0.15) is 0 Å². The summed E-state index contributed by atoms with van der Waals surface area (Å²) in [7, 11) is -2.82. The predicted molar refractivity (Wildman–Crippen MR) is 126 cm³/mol. The molecule has 1 amide bonds. The third-order valence-corrected chi connectivity index (χ3v) is 7.82. The standard InChI is InChI=1S/C23H16F2N2O6S2/c1-33-20-8-5-13(9-19(20)27(29)30)10-22-23(28)26-18-7-6-14(11-21(18)34-22)35(31,32)12-15-16(24)3-2-4-17(15)25/h2-11H,12H2,1H3,(H,26,28)/b22-10-. The molecule has 8 nitrogen and oxygen atoms in total. The Morgan fingerprint density at radius 2 is 1.83 bits per heavy atom. The largest absolute Gasteiger partial charge is 0.490 e. The van der Waals surface area contributed by atoms with Crippen molar-refractivity contribution < 1.29 is 31.7 Å². The van der Waals surface area contributed by atoms with Gasteiger partial charge in [-0.1, -0.05) is 23.9 Å². The van der Waals surface area contributed by atoms with E-state index in [1.165, 1.54) is 49.6 Å². The molecule has 0 bridgehead atoms. The van der Waals surface area contributed by atoms with E-state index in [9.17, 15) is 32.1 Å². The molecule has 1 aliphatic heterocycles. The van der Waals surface area contributed by atoms with Crippen molar-refractivity contribution in [3.05, 3.63) is 92.4 Å². The van der Waals surface area contributed by atoms with E-state index >= 15 is 0 Å². The lowest BCUT2D eigenvalue weighted by atomic mass is 10.1. The molecule has 0 aromatic heterocycles. The Labute approximate surface area is 202 Å². The van der Waals surface area contributed by atoms with Gasteiger partial charge in [0.05, 0.1) is 33.3 Å². The Kier molecular flexibility index (Phi) is 6.59. The number of nitro benzene ring substituents is 1. The molecule has 3 aromatic rings. The van der Waals surface area contributed by atoms with Crippen molar-refractivity contribution in [2.45, 2.75) is 15.5 Å². The SMILES string of the molecule is COc1ccc(/C=C2\Sc3cc(S(=O)(=O)Cc4c(F)cccc4F)ccc3NC2=O)cc1[N+](=O)[O-]. The number of anilines is 1. The zero-order valence-corrected chi connectivity index (χ0v) is 19.6. The molecule has 0 saturated carbocycles. The number of nitro groups is 1. The van der Waals surface area contributed by atoms with Crippen molar-refractivity contribution in [2.75, 3.05) is 12.4 Å². The van der Waals surface area contributed by atoms with Crippen LogP contribution in [0.2, 0.25) is 0 Å². The van der Waals surface area contributed by atoms with Gasteiger partial charge in [-0.25, -0.2) is 17.2 Å². The second-order valence-electron chi connectivity index (χ2n) is 7.37. The number of nitrogens with one attached hydrogen (secondary N) is 1. The first-order chi connectivity index (χ1) is 16.6. The number of hydrogen-bond acceptors (Lipinski definition) is 7. The third kappa shape index (κ3) is 5.03. The molecule has 0 radical (unpaired) electrons. The first kappa shape index (κ1) is 24.4. The fourth-order valence-corrected chi connectivity index (χ4v) is 5.82. The summed E-state index contributed by atoms with van der Waals surface area (Å²) in [4.78, 5) is 23.6. The quantitative estimate of drug-likeness (QED) is 0.279. The summed E-state index contributed by atoms with van der Waals surface area (Å²) in [5.41, 5.74) is -0.128. The van der Waals surface area contributed by atoms with Crippen LogP contribution in [0.3, 0.4) is 0 Å². The van der Waals surface area contributed by atoms with Crippen molar-refractivity contribution in [1.82, 2.24) is 0 Å². The third-order valence-electron chi connectivity index (χ3n) is 5.10. The van der Waals surface area contributed by atoms with E-state index in [1.807, 2.05) is 0 Å². The van der Waals surface area contributed by atoms with Gasteiger partial charge >= 0.3 is 5.69 Å². The van der Waals surface area contributed by atoms with Crippen LogP contribution in [-0.4, -0.2) is 26.4 Å². The molecule has 1 N–H and O–H groups in total. The minimum atomic E-state index is -4.12. The van der Waals surface area contributed by atoms with E-state index in [0.717, 1.165) is 30.0 Å². The Hall–Kier alpha value is -3.77. The molecule has 1 heterocycles. The zero-order valence-electron chi connectivity index (χ0n) is 17.9. The highest BCUT2D eigenvalue weighted by Crippen LogP contribution is 2.41. The Bertz CT molecular complexity index is 1490. The fourth-order valence-electron chi connectivity index (χ4n) is 3.36. The number of amides is 1. The highest BCUT2D eigenvalue weighted by atomic mass is 32.2. The zero-order chi connectivity index (χ0) is 25.3. The molecule has 0 saturated heterocycles. The van der Waals surface area contributed by atoms with Crippen LogP contribution in [0.25, 0.3) is 6.08 Å². The maximum atomic E-state index is 14.0. The number of thioether (sulfide) groups is 1. The van der Waals surface area contributed by atoms with E-state index < -0.39 is 43.6 Å².